The highest BCUT2D eigenvalue weighted by molar-refractivity contribution is 8.01. The number of esters is 1. The number of hydrogen-bond acceptors (Lipinski definition) is 8. The van der Waals surface area contributed by atoms with Crippen molar-refractivity contribution in [3.63, 3.8) is 0 Å². The van der Waals surface area contributed by atoms with Gasteiger partial charge in [-0.1, -0.05) is 137 Å². The summed E-state index contributed by atoms with van der Waals surface area (Å²) in [5.74, 6) is 0.142. The van der Waals surface area contributed by atoms with Gasteiger partial charge in [0.05, 0.1) is 36.6 Å². The number of rotatable bonds is 28. The number of Topliss-reactive ketones (excluding diaryl/α,β-unsaturated/α-hetero) is 1. The molecule has 3 fully saturated rings. The summed E-state index contributed by atoms with van der Waals surface area (Å²) in [4.78, 5) is 27.9. The Balaban J connectivity index is 1.31. The van der Waals surface area contributed by atoms with Gasteiger partial charge < -0.3 is 23.1 Å². The van der Waals surface area contributed by atoms with Crippen LogP contribution in [0.2, 0.25) is 36.3 Å². The van der Waals surface area contributed by atoms with Gasteiger partial charge in [0.25, 0.3) is 0 Å². The lowest BCUT2D eigenvalue weighted by atomic mass is 9.91. The number of ether oxygens (including phenoxy) is 3. The third kappa shape index (κ3) is 17.5. The standard InChI is InChI=1S/C53H94O7SSi2/c1-13-14-15-16-17-18-19-20-21-25-34-48(59-62(9,10)51(3,4)5)46-36-37-47(58-46)49(60-63(11,12)52(6,7)8)35-27-26-29-42(54)38-43-30-28-31-44(57-43)40-53(39-41(2)56-50(53)55)61-45-32-23-22-24-33-45/h22-24,32-33,41,43-44,46-49H,13-21,25-31,34-40H2,1-12H3/t41-,43+,44-,46+,47-,48+,49-,53?/m0/s1. The molecule has 0 radical (unpaired) electrons. The second-order valence-electron chi connectivity index (χ2n) is 22.9. The Morgan fingerprint density at radius 1 is 0.730 bits per heavy atom. The van der Waals surface area contributed by atoms with E-state index in [1.54, 1.807) is 11.8 Å². The van der Waals surface area contributed by atoms with Gasteiger partial charge in [-0.2, -0.15) is 0 Å². The van der Waals surface area contributed by atoms with E-state index in [4.69, 9.17) is 23.1 Å². The molecule has 7 nitrogen and oxygen atoms in total. The number of thioether (sulfide) groups is 1. The van der Waals surface area contributed by atoms with E-state index in [2.05, 4.69) is 86.8 Å². The average molecular weight is 932 g/mol. The van der Waals surface area contributed by atoms with Gasteiger partial charge in [0.2, 0.25) is 0 Å². The highest BCUT2D eigenvalue weighted by Crippen LogP contribution is 2.47. The van der Waals surface area contributed by atoms with Crippen LogP contribution in [0.1, 0.15) is 203 Å². The van der Waals surface area contributed by atoms with Gasteiger partial charge in [-0.25, -0.2) is 0 Å². The molecule has 0 amide bonds. The number of benzene rings is 1. The quantitative estimate of drug-likeness (QED) is 0.0467. The minimum Gasteiger partial charge on any atom is -0.462 e. The van der Waals surface area contributed by atoms with E-state index < -0.39 is 21.4 Å². The zero-order valence-corrected chi connectivity index (χ0v) is 45.3. The molecule has 8 atom stereocenters. The Kier molecular flexibility index (Phi) is 22.0. The van der Waals surface area contributed by atoms with Crippen molar-refractivity contribution in [1.82, 2.24) is 0 Å². The maximum atomic E-state index is 13.5. The first-order chi connectivity index (χ1) is 29.6. The van der Waals surface area contributed by atoms with Gasteiger partial charge >= 0.3 is 5.97 Å². The monoisotopic (exact) mass is 931 g/mol. The third-order valence-corrected chi connectivity index (χ3v) is 25.7. The normalized spacial score (nSPS) is 25.9. The van der Waals surface area contributed by atoms with Crippen LogP contribution in [0.4, 0.5) is 0 Å². The summed E-state index contributed by atoms with van der Waals surface area (Å²) in [5.41, 5.74) is 0. The van der Waals surface area contributed by atoms with Crippen LogP contribution >= 0.6 is 11.8 Å². The number of carbonyl (C=O) groups excluding carboxylic acids is 2. The van der Waals surface area contributed by atoms with Crippen LogP contribution in [-0.4, -0.2) is 75.9 Å². The lowest BCUT2D eigenvalue weighted by molar-refractivity contribution is -0.144. The predicted octanol–water partition coefficient (Wildman–Crippen LogP) is 15.3. The summed E-state index contributed by atoms with van der Waals surface area (Å²) < 4.78 is 33.3. The molecule has 362 valence electrons. The Labute approximate surface area is 393 Å². The van der Waals surface area contributed by atoms with Crippen LogP contribution < -0.4 is 0 Å². The summed E-state index contributed by atoms with van der Waals surface area (Å²) in [6.45, 7) is 27.8. The molecule has 4 rings (SSSR count). The van der Waals surface area contributed by atoms with Crippen LogP contribution in [0.25, 0.3) is 0 Å². The zero-order valence-electron chi connectivity index (χ0n) is 42.5. The van der Waals surface area contributed by atoms with Crippen molar-refractivity contribution in [3.8, 4) is 0 Å². The van der Waals surface area contributed by atoms with Crippen LogP contribution in [0, 0.1) is 0 Å². The highest BCUT2D eigenvalue weighted by atomic mass is 32.2. The summed E-state index contributed by atoms with van der Waals surface area (Å²) >= 11 is 1.62. The molecular weight excluding hydrogens is 837 g/mol. The second-order valence-corrected chi connectivity index (χ2v) is 33.9. The van der Waals surface area contributed by atoms with Gasteiger partial charge in [0.15, 0.2) is 16.6 Å². The predicted molar refractivity (Wildman–Crippen MR) is 269 cm³/mol. The molecule has 1 aromatic rings. The van der Waals surface area contributed by atoms with Crippen LogP contribution in [0.5, 0.6) is 0 Å². The van der Waals surface area contributed by atoms with E-state index in [-0.39, 0.29) is 64.6 Å². The van der Waals surface area contributed by atoms with Crippen molar-refractivity contribution >= 4 is 40.1 Å². The van der Waals surface area contributed by atoms with Gasteiger partial charge in [-0.3, -0.25) is 9.59 Å². The molecule has 10 heteroatoms. The van der Waals surface area contributed by atoms with E-state index in [1.807, 2.05) is 25.1 Å². The van der Waals surface area contributed by atoms with Crippen molar-refractivity contribution in [1.29, 1.82) is 0 Å². The first kappa shape index (κ1) is 54.6. The first-order valence-electron chi connectivity index (χ1n) is 25.8. The van der Waals surface area contributed by atoms with Gasteiger partial charge in [-0.15, -0.1) is 11.8 Å². The molecule has 0 spiro atoms. The molecule has 0 aromatic heterocycles. The molecule has 1 unspecified atom stereocenters. The minimum atomic E-state index is -2.08. The van der Waals surface area contributed by atoms with Crippen molar-refractivity contribution in [3.05, 3.63) is 30.3 Å². The fourth-order valence-electron chi connectivity index (χ4n) is 9.38. The molecule has 0 N–H and O–H groups in total. The highest BCUT2D eigenvalue weighted by Gasteiger charge is 2.51. The topological polar surface area (TPSA) is 80.3 Å². The molecule has 63 heavy (non-hydrogen) atoms. The summed E-state index contributed by atoms with van der Waals surface area (Å²) in [6, 6.07) is 10.2. The fraction of sp³-hybridized carbons (Fsp3) is 0.849. The molecule has 0 saturated carbocycles. The van der Waals surface area contributed by atoms with E-state index in [1.165, 1.54) is 64.2 Å². The van der Waals surface area contributed by atoms with Crippen molar-refractivity contribution in [2.24, 2.45) is 0 Å². The van der Waals surface area contributed by atoms with Gasteiger partial charge in [-0.05, 0) is 113 Å². The van der Waals surface area contributed by atoms with E-state index in [0.717, 1.165) is 62.7 Å². The van der Waals surface area contributed by atoms with Crippen LogP contribution in [-0.2, 0) is 32.7 Å². The van der Waals surface area contributed by atoms with Gasteiger partial charge in [0, 0.05) is 24.2 Å². The summed E-state index contributed by atoms with van der Waals surface area (Å²) in [6.07, 6.45) is 24.3. The molecule has 1 aromatic carbocycles. The maximum Gasteiger partial charge on any atom is 0.323 e. The molecule has 3 saturated heterocycles. The number of unbranched alkanes of at least 4 members (excludes halogenated alkanes) is 10. The smallest absolute Gasteiger partial charge is 0.323 e. The molecule has 3 heterocycles. The largest absolute Gasteiger partial charge is 0.462 e. The SMILES string of the molecule is CCCCCCCCCCCC[C@@H](O[Si](C)(C)C(C)(C)C)[C@H]1CC[C@@H]([C@H](CCCCC(=O)C[C@H]2CCC[C@@H](CC3(Sc4ccccc4)C[C@H](C)OC3=O)O2)O[Si](C)(C)C(C)(C)C)O1. The molecular formula is C53H94O7SSi2. The molecule has 3 aliphatic heterocycles. The van der Waals surface area contributed by atoms with Crippen molar-refractivity contribution in [2.45, 2.75) is 292 Å². The zero-order chi connectivity index (χ0) is 46.3. The lowest BCUT2D eigenvalue weighted by Gasteiger charge is -2.42. The van der Waals surface area contributed by atoms with Crippen molar-refractivity contribution < 1.29 is 32.7 Å². The van der Waals surface area contributed by atoms with E-state index in [0.29, 0.717) is 25.7 Å². The first-order valence-corrected chi connectivity index (χ1v) is 32.4. The van der Waals surface area contributed by atoms with E-state index in [9.17, 15) is 9.59 Å². The Bertz CT molecular complexity index is 1490. The third-order valence-electron chi connectivity index (χ3n) is 15.3. The Morgan fingerprint density at radius 3 is 1.75 bits per heavy atom. The number of hydrogen-bond donors (Lipinski definition) is 0. The summed E-state index contributed by atoms with van der Waals surface area (Å²) in [5, 5.41) is 0.239. The fourth-order valence-corrected chi connectivity index (χ4v) is 13.6. The molecule has 0 aliphatic carbocycles. The second kappa shape index (κ2) is 25.4. The minimum absolute atomic E-state index is 0.0188. The van der Waals surface area contributed by atoms with Crippen LogP contribution in [0.3, 0.4) is 0 Å². The summed E-state index contributed by atoms with van der Waals surface area (Å²) in [7, 11) is -4.08. The Morgan fingerprint density at radius 2 is 1.24 bits per heavy atom. The maximum absolute atomic E-state index is 13.5. The average Bonchev–Trinajstić information content (AvgIpc) is 3.79. The lowest BCUT2D eigenvalue weighted by Crippen LogP contribution is -2.48. The Hall–Kier alpha value is -1.02. The number of cyclic esters (lactones) is 1. The van der Waals surface area contributed by atoms with E-state index >= 15 is 0 Å². The molecule has 3 aliphatic rings. The molecule has 0 bridgehead atoms. The number of carbonyl (C=O) groups is 2. The van der Waals surface area contributed by atoms with Crippen LogP contribution in [0.15, 0.2) is 35.2 Å². The van der Waals surface area contributed by atoms with Gasteiger partial charge in [0.1, 0.15) is 16.6 Å². The number of ketones is 1. The van der Waals surface area contributed by atoms with Crippen molar-refractivity contribution in [2.75, 3.05) is 0 Å².